The van der Waals surface area contributed by atoms with E-state index in [1.807, 2.05) is 20.8 Å². The van der Waals surface area contributed by atoms with Crippen LogP contribution < -0.4 is 0 Å². The Labute approximate surface area is 106 Å². The average molecular weight is 270 g/mol. The van der Waals surface area contributed by atoms with Gasteiger partial charge in [0.05, 0.1) is 5.69 Å². The number of fused-ring (bicyclic) bond motifs is 1. The summed E-state index contributed by atoms with van der Waals surface area (Å²) in [5.74, 6) is -0.106. The number of hydrogen-bond donors (Lipinski definition) is 0. The standard InChI is InChI=1S/C12H15FN2O2S/c1-4-9(3)11-12(18(13,16)17)15-6-5-8(2)7-10(15)14-11/h5-7,9H,4H2,1-3H3. The minimum Gasteiger partial charge on any atom is -0.288 e. The van der Waals surface area contributed by atoms with Gasteiger partial charge in [-0.25, -0.2) is 4.98 Å². The number of aryl methyl sites for hydroxylation is 1. The lowest BCUT2D eigenvalue weighted by Gasteiger charge is -2.06. The number of hydrogen-bond acceptors (Lipinski definition) is 3. The van der Waals surface area contributed by atoms with Crippen LogP contribution in [0.5, 0.6) is 0 Å². The smallest absolute Gasteiger partial charge is 0.288 e. The third kappa shape index (κ3) is 2.12. The molecule has 0 bridgehead atoms. The second kappa shape index (κ2) is 4.35. The first kappa shape index (κ1) is 13.0. The first-order chi connectivity index (χ1) is 8.34. The summed E-state index contributed by atoms with van der Waals surface area (Å²) in [6, 6.07) is 3.46. The fourth-order valence-electron chi connectivity index (χ4n) is 1.90. The van der Waals surface area contributed by atoms with Gasteiger partial charge in [-0.3, -0.25) is 4.40 Å². The summed E-state index contributed by atoms with van der Waals surface area (Å²) < 4.78 is 37.4. The first-order valence-corrected chi connectivity index (χ1v) is 7.16. The van der Waals surface area contributed by atoms with Crippen molar-refractivity contribution in [3.8, 4) is 0 Å². The number of nitrogens with zero attached hydrogens (tertiary/aromatic N) is 2. The molecular formula is C12H15FN2O2S. The minimum atomic E-state index is -4.78. The normalized spacial score (nSPS) is 14.0. The van der Waals surface area contributed by atoms with Crippen LogP contribution in [0.15, 0.2) is 23.4 Å². The van der Waals surface area contributed by atoms with Gasteiger partial charge in [-0.15, -0.1) is 0 Å². The predicted octanol–water partition coefficient (Wildman–Crippen LogP) is 2.81. The van der Waals surface area contributed by atoms with Gasteiger partial charge in [-0.1, -0.05) is 17.7 Å². The zero-order valence-electron chi connectivity index (χ0n) is 10.5. The van der Waals surface area contributed by atoms with E-state index in [-0.39, 0.29) is 10.9 Å². The van der Waals surface area contributed by atoms with Crippen LogP contribution in [0.2, 0.25) is 0 Å². The van der Waals surface area contributed by atoms with E-state index in [0.717, 1.165) is 5.56 Å². The molecule has 4 nitrogen and oxygen atoms in total. The van der Waals surface area contributed by atoms with Crippen LogP contribution >= 0.6 is 0 Å². The molecule has 1 unspecified atom stereocenters. The number of aromatic nitrogens is 2. The quantitative estimate of drug-likeness (QED) is 0.806. The molecule has 0 radical (unpaired) electrons. The Balaban J connectivity index is 2.85. The first-order valence-electron chi connectivity index (χ1n) is 5.78. The fourth-order valence-corrected chi connectivity index (χ4v) is 2.78. The predicted molar refractivity (Wildman–Crippen MR) is 66.9 cm³/mol. The zero-order valence-corrected chi connectivity index (χ0v) is 11.3. The summed E-state index contributed by atoms with van der Waals surface area (Å²) in [4.78, 5) is 4.25. The Morgan fingerprint density at radius 1 is 1.50 bits per heavy atom. The summed E-state index contributed by atoms with van der Waals surface area (Å²) in [7, 11) is -4.78. The van der Waals surface area contributed by atoms with Crippen LogP contribution in [0.1, 0.15) is 37.4 Å². The Kier molecular flexibility index (Phi) is 3.14. The average Bonchev–Trinajstić information content (AvgIpc) is 2.65. The largest absolute Gasteiger partial charge is 0.350 e. The monoisotopic (exact) mass is 270 g/mol. The van der Waals surface area contributed by atoms with E-state index in [1.54, 1.807) is 12.1 Å². The van der Waals surface area contributed by atoms with Gasteiger partial charge < -0.3 is 0 Å². The van der Waals surface area contributed by atoms with Gasteiger partial charge in [0.25, 0.3) is 0 Å². The summed E-state index contributed by atoms with van der Waals surface area (Å²) in [6.07, 6.45) is 2.24. The maximum Gasteiger partial charge on any atom is 0.350 e. The third-order valence-electron chi connectivity index (χ3n) is 3.07. The lowest BCUT2D eigenvalue weighted by atomic mass is 10.1. The maximum atomic E-state index is 13.5. The van der Waals surface area contributed by atoms with Gasteiger partial charge in [0, 0.05) is 12.1 Å². The van der Waals surface area contributed by atoms with Crippen molar-refractivity contribution in [3.63, 3.8) is 0 Å². The lowest BCUT2D eigenvalue weighted by molar-refractivity contribution is 0.541. The molecule has 0 saturated heterocycles. The number of imidazole rings is 1. The van der Waals surface area contributed by atoms with Crippen LogP contribution in [0, 0.1) is 6.92 Å². The second-order valence-corrected chi connectivity index (χ2v) is 5.74. The van der Waals surface area contributed by atoms with E-state index in [4.69, 9.17) is 0 Å². The van der Waals surface area contributed by atoms with Crippen molar-refractivity contribution < 1.29 is 12.3 Å². The van der Waals surface area contributed by atoms with E-state index in [1.165, 1.54) is 10.6 Å². The highest BCUT2D eigenvalue weighted by molar-refractivity contribution is 7.86. The Bertz CT molecular complexity index is 691. The molecule has 2 aromatic heterocycles. The molecule has 0 aliphatic rings. The van der Waals surface area contributed by atoms with Crippen LogP contribution in [-0.2, 0) is 10.2 Å². The molecule has 0 aliphatic heterocycles. The van der Waals surface area contributed by atoms with Gasteiger partial charge in [-0.2, -0.15) is 8.42 Å². The van der Waals surface area contributed by atoms with E-state index in [0.29, 0.717) is 17.8 Å². The van der Waals surface area contributed by atoms with Gasteiger partial charge in [0.1, 0.15) is 5.65 Å². The molecule has 1 atom stereocenters. The van der Waals surface area contributed by atoms with E-state index in [2.05, 4.69) is 4.98 Å². The topological polar surface area (TPSA) is 51.4 Å². The van der Waals surface area contributed by atoms with Crippen LogP contribution in [0.4, 0.5) is 3.89 Å². The third-order valence-corrected chi connectivity index (χ3v) is 3.94. The van der Waals surface area contributed by atoms with Crippen molar-refractivity contribution >= 4 is 15.9 Å². The molecule has 18 heavy (non-hydrogen) atoms. The molecule has 0 fully saturated rings. The molecule has 2 rings (SSSR count). The molecule has 0 saturated carbocycles. The van der Waals surface area contributed by atoms with Crippen molar-refractivity contribution in [3.05, 3.63) is 29.6 Å². The van der Waals surface area contributed by atoms with Crippen LogP contribution in [-0.4, -0.2) is 17.8 Å². The molecular weight excluding hydrogens is 255 g/mol. The van der Waals surface area contributed by atoms with Gasteiger partial charge in [0.2, 0.25) is 0 Å². The fraction of sp³-hybridized carbons (Fsp3) is 0.417. The number of rotatable bonds is 3. The van der Waals surface area contributed by atoms with Crippen molar-refractivity contribution in [1.29, 1.82) is 0 Å². The molecule has 6 heteroatoms. The highest BCUT2D eigenvalue weighted by Gasteiger charge is 2.27. The molecule has 2 heterocycles. The van der Waals surface area contributed by atoms with Crippen molar-refractivity contribution in [2.45, 2.75) is 38.1 Å². The van der Waals surface area contributed by atoms with Gasteiger partial charge in [-0.05, 0) is 31.0 Å². The minimum absolute atomic E-state index is 0.106. The molecule has 0 spiro atoms. The van der Waals surface area contributed by atoms with Crippen molar-refractivity contribution in [2.24, 2.45) is 0 Å². The molecule has 0 amide bonds. The highest BCUT2D eigenvalue weighted by atomic mass is 32.3. The lowest BCUT2D eigenvalue weighted by Crippen LogP contribution is -2.04. The maximum absolute atomic E-state index is 13.5. The number of pyridine rings is 1. The van der Waals surface area contributed by atoms with E-state index >= 15 is 0 Å². The van der Waals surface area contributed by atoms with E-state index < -0.39 is 10.2 Å². The van der Waals surface area contributed by atoms with E-state index in [9.17, 15) is 12.3 Å². The molecule has 0 aliphatic carbocycles. The highest BCUT2D eigenvalue weighted by Crippen LogP contribution is 2.28. The summed E-state index contributed by atoms with van der Waals surface area (Å²) >= 11 is 0. The Morgan fingerprint density at radius 2 is 2.17 bits per heavy atom. The summed E-state index contributed by atoms with van der Waals surface area (Å²) in [5.41, 5.74) is 1.71. The van der Waals surface area contributed by atoms with Crippen LogP contribution in [0.3, 0.4) is 0 Å². The second-order valence-electron chi connectivity index (χ2n) is 4.48. The molecule has 98 valence electrons. The molecule has 0 N–H and O–H groups in total. The molecule has 2 aromatic rings. The SMILES string of the molecule is CCC(C)c1nc2cc(C)ccn2c1S(=O)(=O)F. The van der Waals surface area contributed by atoms with Crippen molar-refractivity contribution in [1.82, 2.24) is 9.38 Å². The van der Waals surface area contributed by atoms with Crippen LogP contribution in [0.25, 0.3) is 5.65 Å². The van der Waals surface area contributed by atoms with Gasteiger partial charge >= 0.3 is 10.2 Å². The Hall–Kier alpha value is -1.43. The molecule has 0 aromatic carbocycles. The van der Waals surface area contributed by atoms with Gasteiger partial charge in [0.15, 0.2) is 5.03 Å². The summed E-state index contributed by atoms with van der Waals surface area (Å²) in [5, 5.41) is -0.341. The van der Waals surface area contributed by atoms with Crippen molar-refractivity contribution in [2.75, 3.05) is 0 Å². The zero-order chi connectivity index (χ0) is 13.5. The summed E-state index contributed by atoms with van der Waals surface area (Å²) in [6.45, 7) is 5.62. The Morgan fingerprint density at radius 3 is 2.72 bits per heavy atom. The number of halogens is 1.